The molecule has 2 aliphatic rings. The first-order valence-electron chi connectivity index (χ1n) is 9.12. The molecule has 3 aromatic rings. The largest absolute Gasteiger partial charge is 0.330 e. The van der Waals surface area contributed by atoms with E-state index in [1.165, 1.54) is 11.8 Å². The molecule has 0 bridgehead atoms. The van der Waals surface area contributed by atoms with Crippen molar-refractivity contribution in [3.63, 3.8) is 0 Å². The van der Waals surface area contributed by atoms with Gasteiger partial charge < -0.3 is 0 Å². The normalized spacial score (nSPS) is 18.0. The van der Waals surface area contributed by atoms with Crippen molar-refractivity contribution >= 4 is 22.8 Å². The Morgan fingerprint density at radius 2 is 1.89 bits per heavy atom. The van der Waals surface area contributed by atoms with Gasteiger partial charge in [-0.15, -0.1) is 0 Å². The molecular weight excluding hydrogens is 364 g/mol. The lowest BCUT2D eigenvalue weighted by Gasteiger charge is -2.14. The zero-order valence-corrected chi connectivity index (χ0v) is 15.6. The van der Waals surface area contributed by atoms with Crippen LogP contribution in [0.2, 0.25) is 0 Å². The quantitative estimate of drug-likeness (QED) is 0.533. The number of rotatable bonds is 5. The first-order valence-corrected chi connectivity index (χ1v) is 10.00. The molecule has 2 aliphatic carbocycles. The lowest BCUT2D eigenvalue weighted by Crippen LogP contribution is -2.31. The Kier molecular flexibility index (Phi) is 3.85. The lowest BCUT2D eigenvalue weighted by atomic mass is 10.3. The molecule has 3 aromatic heterocycles. The van der Waals surface area contributed by atoms with E-state index in [4.69, 9.17) is 4.98 Å². The van der Waals surface area contributed by atoms with Crippen LogP contribution < -0.4 is 11.2 Å². The number of thioether (sulfide) groups is 1. The second-order valence-electron chi connectivity index (χ2n) is 7.09. The molecule has 1 atom stereocenters. The van der Waals surface area contributed by atoms with Crippen LogP contribution in [0.5, 0.6) is 0 Å². The second kappa shape index (κ2) is 6.26. The zero-order chi connectivity index (χ0) is 18.5. The van der Waals surface area contributed by atoms with E-state index < -0.39 is 5.56 Å². The number of nitrogens with one attached hydrogen (secondary N) is 1. The highest BCUT2D eigenvalue weighted by molar-refractivity contribution is 7.99. The SMILES string of the molecule is CC(Sc1nc(C2CC2)nc2c1c(=O)[nH]c(=O)n2C1CC1)c1ncccn1. The third kappa shape index (κ3) is 3.05. The fourth-order valence-corrected chi connectivity index (χ4v) is 4.17. The molecule has 3 heterocycles. The van der Waals surface area contributed by atoms with Crippen LogP contribution in [0.15, 0.2) is 33.1 Å². The van der Waals surface area contributed by atoms with E-state index in [-0.39, 0.29) is 17.0 Å². The van der Waals surface area contributed by atoms with Crippen LogP contribution in [0.25, 0.3) is 11.0 Å². The summed E-state index contributed by atoms with van der Waals surface area (Å²) in [6.45, 7) is 1.98. The maximum atomic E-state index is 12.6. The minimum Gasteiger partial charge on any atom is -0.274 e. The van der Waals surface area contributed by atoms with Crippen molar-refractivity contribution in [3.05, 3.63) is 50.9 Å². The average Bonchev–Trinajstić information content (AvgIpc) is 3.55. The lowest BCUT2D eigenvalue weighted by molar-refractivity contribution is 0.691. The van der Waals surface area contributed by atoms with Crippen LogP contribution in [0.4, 0.5) is 0 Å². The Labute approximate surface area is 158 Å². The zero-order valence-electron chi connectivity index (χ0n) is 14.8. The number of hydrogen-bond donors (Lipinski definition) is 1. The second-order valence-corrected chi connectivity index (χ2v) is 8.42. The third-order valence-corrected chi connectivity index (χ3v) is 5.94. The summed E-state index contributed by atoms with van der Waals surface area (Å²) < 4.78 is 1.64. The molecule has 1 N–H and O–H groups in total. The molecule has 9 heteroatoms. The minimum absolute atomic E-state index is 0.0861. The summed E-state index contributed by atoms with van der Waals surface area (Å²) in [4.78, 5) is 45.4. The molecule has 0 aliphatic heterocycles. The van der Waals surface area contributed by atoms with Crippen molar-refractivity contribution in [2.24, 2.45) is 0 Å². The topological polar surface area (TPSA) is 106 Å². The standard InChI is InChI=1S/C18H18N6O2S/c1-9(13-19-7-2-8-20-13)27-17-12-15(21-14(22-17)10-3-4-10)24(11-5-6-11)18(26)23-16(12)25/h2,7-11H,3-6H2,1H3,(H,23,25,26). The molecular formula is C18H18N6O2S. The molecule has 0 aromatic carbocycles. The van der Waals surface area contributed by atoms with Crippen molar-refractivity contribution in [1.29, 1.82) is 0 Å². The molecule has 2 fully saturated rings. The van der Waals surface area contributed by atoms with E-state index in [9.17, 15) is 9.59 Å². The average molecular weight is 382 g/mol. The van der Waals surface area contributed by atoms with Crippen LogP contribution in [0.1, 0.15) is 61.5 Å². The van der Waals surface area contributed by atoms with Gasteiger partial charge in [-0.25, -0.2) is 24.7 Å². The Hall–Kier alpha value is -2.55. The van der Waals surface area contributed by atoms with Gasteiger partial charge in [-0.2, -0.15) is 0 Å². The van der Waals surface area contributed by atoms with Gasteiger partial charge in [-0.1, -0.05) is 11.8 Å². The Bertz CT molecular complexity index is 1130. The summed E-state index contributed by atoms with van der Waals surface area (Å²) in [5.41, 5.74) is -0.351. The van der Waals surface area contributed by atoms with Crippen molar-refractivity contribution in [1.82, 2.24) is 29.5 Å². The van der Waals surface area contributed by atoms with Gasteiger partial charge in [0.25, 0.3) is 5.56 Å². The summed E-state index contributed by atoms with van der Waals surface area (Å²) in [5.74, 6) is 1.72. The van der Waals surface area contributed by atoms with E-state index in [1.807, 2.05) is 6.92 Å². The number of hydrogen-bond acceptors (Lipinski definition) is 7. The molecule has 0 amide bonds. The molecule has 0 radical (unpaired) electrons. The van der Waals surface area contributed by atoms with Crippen LogP contribution in [0.3, 0.4) is 0 Å². The van der Waals surface area contributed by atoms with E-state index in [2.05, 4.69) is 19.9 Å². The number of aromatic nitrogens is 6. The highest BCUT2D eigenvalue weighted by Gasteiger charge is 2.32. The first kappa shape index (κ1) is 16.6. The number of fused-ring (bicyclic) bond motifs is 1. The Balaban J connectivity index is 1.69. The third-order valence-electron chi connectivity index (χ3n) is 4.86. The predicted octanol–water partition coefficient (Wildman–Crippen LogP) is 2.34. The van der Waals surface area contributed by atoms with Gasteiger partial charge in [-0.05, 0) is 38.7 Å². The van der Waals surface area contributed by atoms with Crippen LogP contribution in [-0.4, -0.2) is 29.5 Å². The van der Waals surface area contributed by atoms with Crippen LogP contribution in [-0.2, 0) is 0 Å². The van der Waals surface area contributed by atoms with Crippen LogP contribution in [0, 0.1) is 0 Å². The smallest absolute Gasteiger partial charge is 0.274 e. The predicted molar refractivity (Wildman–Crippen MR) is 101 cm³/mol. The van der Waals surface area contributed by atoms with Gasteiger partial charge in [0.15, 0.2) is 5.65 Å². The van der Waals surface area contributed by atoms with E-state index >= 15 is 0 Å². The van der Waals surface area contributed by atoms with Crippen molar-refractivity contribution < 1.29 is 0 Å². The highest BCUT2D eigenvalue weighted by Crippen LogP contribution is 2.42. The first-order chi connectivity index (χ1) is 13.1. The van der Waals surface area contributed by atoms with E-state index in [1.54, 1.807) is 23.0 Å². The summed E-state index contributed by atoms with van der Waals surface area (Å²) >= 11 is 1.43. The van der Waals surface area contributed by atoms with Crippen molar-refractivity contribution in [2.75, 3.05) is 0 Å². The van der Waals surface area contributed by atoms with Crippen LogP contribution >= 0.6 is 11.8 Å². The highest BCUT2D eigenvalue weighted by atomic mass is 32.2. The van der Waals surface area contributed by atoms with Gasteiger partial charge >= 0.3 is 5.69 Å². The van der Waals surface area contributed by atoms with Gasteiger partial charge in [0.05, 0.1) is 5.25 Å². The molecule has 8 nitrogen and oxygen atoms in total. The maximum Gasteiger partial charge on any atom is 0.330 e. The van der Waals surface area contributed by atoms with Gasteiger partial charge in [0.2, 0.25) is 0 Å². The molecule has 1 unspecified atom stereocenters. The molecule has 5 rings (SSSR count). The summed E-state index contributed by atoms with van der Waals surface area (Å²) in [7, 11) is 0. The molecule has 138 valence electrons. The van der Waals surface area contributed by atoms with Gasteiger partial charge in [0, 0.05) is 24.4 Å². The summed E-state index contributed by atoms with van der Waals surface area (Å²) in [6, 6.07) is 1.89. The maximum absolute atomic E-state index is 12.6. The Morgan fingerprint density at radius 1 is 1.15 bits per heavy atom. The number of nitrogens with zero attached hydrogens (tertiary/aromatic N) is 5. The molecule has 27 heavy (non-hydrogen) atoms. The van der Waals surface area contributed by atoms with Crippen molar-refractivity contribution in [2.45, 2.75) is 54.8 Å². The van der Waals surface area contributed by atoms with Gasteiger partial charge in [-0.3, -0.25) is 14.3 Å². The van der Waals surface area contributed by atoms with E-state index in [0.29, 0.717) is 27.8 Å². The fourth-order valence-electron chi connectivity index (χ4n) is 3.16. The number of aromatic amines is 1. The van der Waals surface area contributed by atoms with Crippen molar-refractivity contribution in [3.8, 4) is 0 Å². The summed E-state index contributed by atoms with van der Waals surface area (Å²) in [6.07, 6.45) is 7.35. The Morgan fingerprint density at radius 3 is 2.56 bits per heavy atom. The number of H-pyrrole nitrogens is 1. The summed E-state index contributed by atoms with van der Waals surface area (Å²) in [5, 5.41) is 0.897. The minimum atomic E-state index is -0.432. The molecule has 0 saturated heterocycles. The van der Waals surface area contributed by atoms with E-state index in [0.717, 1.165) is 31.5 Å². The molecule has 2 saturated carbocycles. The fraction of sp³-hybridized carbons (Fsp3) is 0.444. The van der Waals surface area contributed by atoms with Gasteiger partial charge in [0.1, 0.15) is 22.1 Å². The molecule has 0 spiro atoms. The monoisotopic (exact) mass is 382 g/mol.